The molecule has 0 aliphatic carbocycles. The van der Waals surface area contributed by atoms with Gasteiger partial charge in [-0.05, 0) is 0 Å². The molecule has 2 heterocycles. The average molecular weight is 243 g/mol. The first-order chi connectivity index (χ1) is 7.68. The van der Waals surface area contributed by atoms with E-state index in [-0.39, 0.29) is 16.6 Å². The number of nitrogens with zero attached hydrogens (tertiary/aromatic N) is 2. The van der Waals surface area contributed by atoms with Crippen LogP contribution in [0.4, 0.5) is 0 Å². The van der Waals surface area contributed by atoms with E-state index in [4.69, 9.17) is 11.6 Å². The second-order valence-electron chi connectivity index (χ2n) is 3.45. The van der Waals surface area contributed by atoms with E-state index < -0.39 is 5.69 Å². The van der Waals surface area contributed by atoms with Gasteiger partial charge in [0.2, 0.25) is 0 Å². The lowest BCUT2D eigenvalue weighted by atomic mass is 10.3. The van der Waals surface area contributed by atoms with Crippen LogP contribution >= 0.6 is 11.6 Å². The molecule has 1 aromatic heterocycles. The zero-order valence-corrected chi connectivity index (χ0v) is 9.25. The molecule has 2 rings (SSSR count). The molecule has 0 saturated carbocycles. The summed E-state index contributed by atoms with van der Waals surface area (Å²) >= 11 is 5.81. The summed E-state index contributed by atoms with van der Waals surface area (Å²) in [6, 6.07) is 0. The first-order valence-electron chi connectivity index (χ1n) is 4.93. The number of piperazine rings is 1. The van der Waals surface area contributed by atoms with Crippen LogP contribution in [-0.4, -0.2) is 47.0 Å². The molecule has 7 heteroatoms. The highest BCUT2D eigenvalue weighted by molar-refractivity contribution is 6.33. The van der Waals surface area contributed by atoms with Crippen LogP contribution in [-0.2, 0) is 0 Å². The minimum Gasteiger partial charge on any atom is -0.335 e. The third-order valence-electron chi connectivity index (χ3n) is 2.38. The van der Waals surface area contributed by atoms with Crippen molar-refractivity contribution in [2.45, 2.75) is 0 Å². The van der Waals surface area contributed by atoms with Gasteiger partial charge in [-0.25, -0.2) is 9.78 Å². The van der Waals surface area contributed by atoms with E-state index in [1.807, 2.05) is 0 Å². The minimum absolute atomic E-state index is 0.114. The van der Waals surface area contributed by atoms with Gasteiger partial charge in [0.05, 0.1) is 11.2 Å². The standard InChI is InChI=1S/C9H11ClN4O2/c10-6-5-12-9(16)13-7(6)8(15)14-3-1-11-2-4-14/h5,11H,1-4H2,(H,12,13,16). The maximum atomic E-state index is 12.0. The lowest BCUT2D eigenvalue weighted by molar-refractivity contribution is 0.0729. The molecular formula is C9H11ClN4O2. The molecule has 16 heavy (non-hydrogen) atoms. The summed E-state index contributed by atoms with van der Waals surface area (Å²) in [6.45, 7) is 2.72. The summed E-state index contributed by atoms with van der Waals surface area (Å²) < 4.78 is 0. The Morgan fingerprint density at radius 1 is 1.44 bits per heavy atom. The number of aromatic amines is 1. The normalized spacial score (nSPS) is 16.2. The fourth-order valence-corrected chi connectivity index (χ4v) is 1.74. The molecular weight excluding hydrogens is 232 g/mol. The predicted octanol–water partition coefficient (Wildman–Crippen LogP) is -0.531. The van der Waals surface area contributed by atoms with Crippen LogP contribution in [0.3, 0.4) is 0 Å². The largest absolute Gasteiger partial charge is 0.345 e. The van der Waals surface area contributed by atoms with Gasteiger partial charge in [0.1, 0.15) is 5.69 Å². The van der Waals surface area contributed by atoms with Crippen molar-refractivity contribution in [2.24, 2.45) is 0 Å². The number of nitrogens with one attached hydrogen (secondary N) is 2. The molecule has 0 aromatic carbocycles. The van der Waals surface area contributed by atoms with E-state index in [0.717, 1.165) is 13.1 Å². The Bertz CT molecular complexity index is 453. The number of H-pyrrole nitrogens is 1. The molecule has 1 saturated heterocycles. The van der Waals surface area contributed by atoms with Crippen LogP contribution in [0.5, 0.6) is 0 Å². The van der Waals surface area contributed by atoms with Crippen LogP contribution in [0.1, 0.15) is 10.5 Å². The molecule has 1 aromatic rings. The van der Waals surface area contributed by atoms with E-state index in [2.05, 4.69) is 15.3 Å². The van der Waals surface area contributed by atoms with Crippen molar-refractivity contribution in [2.75, 3.05) is 26.2 Å². The molecule has 0 radical (unpaired) electrons. The van der Waals surface area contributed by atoms with Crippen molar-refractivity contribution in [3.05, 3.63) is 27.4 Å². The average Bonchev–Trinajstić information content (AvgIpc) is 2.32. The summed E-state index contributed by atoms with van der Waals surface area (Å²) in [5, 5.41) is 3.31. The molecule has 1 fully saturated rings. The number of aromatic nitrogens is 2. The lowest BCUT2D eigenvalue weighted by Crippen LogP contribution is -2.47. The quantitative estimate of drug-likeness (QED) is 0.694. The fourth-order valence-electron chi connectivity index (χ4n) is 1.56. The van der Waals surface area contributed by atoms with Crippen LogP contribution in [0.2, 0.25) is 5.02 Å². The second-order valence-corrected chi connectivity index (χ2v) is 3.86. The Balaban J connectivity index is 2.25. The highest BCUT2D eigenvalue weighted by Crippen LogP contribution is 2.12. The fraction of sp³-hybridized carbons (Fsp3) is 0.444. The van der Waals surface area contributed by atoms with Gasteiger partial charge in [-0.1, -0.05) is 11.6 Å². The Kier molecular flexibility index (Phi) is 3.21. The van der Waals surface area contributed by atoms with Crippen molar-refractivity contribution in [1.82, 2.24) is 20.2 Å². The molecule has 1 amide bonds. The third kappa shape index (κ3) is 2.23. The van der Waals surface area contributed by atoms with E-state index >= 15 is 0 Å². The Labute approximate surface area is 96.6 Å². The van der Waals surface area contributed by atoms with Crippen molar-refractivity contribution in [1.29, 1.82) is 0 Å². The smallest absolute Gasteiger partial charge is 0.335 e. The first kappa shape index (κ1) is 11.1. The van der Waals surface area contributed by atoms with E-state index in [0.29, 0.717) is 13.1 Å². The number of carbonyl (C=O) groups excluding carboxylic acids is 1. The van der Waals surface area contributed by atoms with Gasteiger partial charge in [-0.3, -0.25) is 9.78 Å². The zero-order chi connectivity index (χ0) is 11.5. The zero-order valence-electron chi connectivity index (χ0n) is 8.49. The summed E-state index contributed by atoms with van der Waals surface area (Å²) in [5.74, 6) is -0.258. The lowest BCUT2D eigenvalue weighted by Gasteiger charge is -2.27. The number of rotatable bonds is 1. The second kappa shape index (κ2) is 4.63. The van der Waals surface area contributed by atoms with Crippen LogP contribution in [0, 0.1) is 0 Å². The van der Waals surface area contributed by atoms with Gasteiger partial charge in [-0.2, -0.15) is 0 Å². The number of halogens is 1. The molecule has 0 atom stereocenters. The molecule has 0 bridgehead atoms. The molecule has 1 aliphatic rings. The number of amides is 1. The van der Waals surface area contributed by atoms with Gasteiger partial charge in [0, 0.05) is 26.2 Å². The summed E-state index contributed by atoms with van der Waals surface area (Å²) in [6.07, 6.45) is 1.19. The summed E-state index contributed by atoms with van der Waals surface area (Å²) in [5.41, 5.74) is -0.452. The maximum absolute atomic E-state index is 12.0. The van der Waals surface area contributed by atoms with Gasteiger partial charge in [-0.15, -0.1) is 0 Å². The van der Waals surface area contributed by atoms with E-state index in [1.165, 1.54) is 6.20 Å². The van der Waals surface area contributed by atoms with E-state index in [9.17, 15) is 9.59 Å². The van der Waals surface area contributed by atoms with Crippen LogP contribution < -0.4 is 11.0 Å². The SMILES string of the molecule is O=C(c1[nH]c(=O)ncc1Cl)N1CCNCC1. The number of carbonyl (C=O) groups is 1. The van der Waals surface area contributed by atoms with Crippen molar-refractivity contribution in [3.63, 3.8) is 0 Å². The molecule has 6 nitrogen and oxygen atoms in total. The minimum atomic E-state index is -0.567. The van der Waals surface area contributed by atoms with Gasteiger partial charge >= 0.3 is 5.69 Å². The van der Waals surface area contributed by atoms with Crippen molar-refractivity contribution in [3.8, 4) is 0 Å². The molecule has 2 N–H and O–H groups in total. The Morgan fingerprint density at radius 3 is 2.81 bits per heavy atom. The first-order valence-corrected chi connectivity index (χ1v) is 5.31. The highest BCUT2D eigenvalue weighted by atomic mass is 35.5. The summed E-state index contributed by atoms with van der Waals surface area (Å²) in [4.78, 5) is 30.5. The van der Waals surface area contributed by atoms with Gasteiger partial charge in [0.25, 0.3) is 5.91 Å². The maximum Gasteiger partial charge on any atom is 0.345 e. The predicted molar refractivity (Wildman–Crippen MR) is 58.6 cm³/mol. The molecule has 0 spiro atoms. The van der Waals surface area contributed by atoms with Crippen LogP contribution in [0.25, 0.3) is 0 Å². The molecule has 1 aliphatic heterocycles. The summed E-state index contributed by atoms with van der Waals surface area (Å²) in [7, 11) is 0. The molecule has 86 valence electrons. The monoisotopic (exact) mass is 242 g/mol. The van der Waals surface area contributed by atoms with Crippen molar-refractivity contribution >= 4 is 17.5 Å². The highest BCUT2D eigenvalue weighted by Gasteiger charge is 2.21. The van der Waals surface area contributed by atoms with Gasteiger partial charge in [0.15, 0.2) is 0 Å². The Morgan fingerprint density at radius 2 is 2.12 bits per heavy atom. The van der Waals surface area contributed by atoms with Crippen molar-refractivity contribution < 1.29 is 4.79 Å². The number of hydrogen-bond acceptors (Lipinski definition) is 4. The topological polar surface area (TPSA) is 78.1 Å². The van der Waals surface area contributed by atoms with E-state index in [1.54, 1.807) is 4.90 Å². The van der Waals surface area contributed by atoms with Gasteiger partial charge < -0.3 is 10.2 Å². The van der Waals surface area contributed by atoms with Crippen LogP contribution in [0.15, 0.2) is 11.0 Å². The number of hydrogen-bond donors (Lipinski definition) is 2. The Hall–Kier alpha value is -1.40. The third-order valence-corrected chi connectivity index (χ3v) is 2.67. The molecule has 0 unspecified atom stereocenters.